The predicted octanol–water partition coefficient (Wildman–Crippen LogP) is 2.21. The maximum absolute atomic E-state index is 12.4. The highest BCUT2D eigenvalue weighted by molar-refractivity contribution is 5.94. The molecule has 4 rings (SSSR count). The largest absolute Gasteiger partial charge is 0.354 e. The zero-order valence-corrected chi connectivity index (χ0v) is 16.5. The Hall–Kier alpha value is -3.03. The quantitative estimate of drug-likeness (QED) is 0.731. The fourth-order valence-corrected chi connectivity index (χ4v) is 3.46. The number of fused-ring (bicyclic) bond motifs is 1. The molecule has 8 heteroatoms. The Bertz CT molecular complexity index is 980. The molecule has 0 radical (unpaired) electrons. The summed E-state index contributed by atoms with van der Waals surface area (Å²) >= 11 is 0. The fraction of sp³-hybridized carbons (Fsp3) is 0.450. The number of hydrogen-bond acceptors (Lipinski definition) is 6. The molecule has 1 unspecified atom stereocenters. The highest BCUT2D eigenvalue weighted by Gasteiger charge is 2.28. The van der Waals surface area contributed by atoms with Crippen molar-refractivity contribution in [1.82, 2.24) is 30.1 Å². The zero-order chi connectivity index (χ0) is 19.7. The number of hydrogen-bond donors (Lipinski definition) is 1. The lowest BCUT2D eigenvalue weighted by molar-refractivity contribution is 0.0948. The van der Waals surface area contributed by atoms with Gasteiger partial charge < -0.3 is 10.2 Å². The lowest BCUT2D eigenvalue weighted by Crippen LogP contribution is -2.27. The first-order chi connectivity index (χ1) is 13.5. The molecule has 28 heavy (non-hydrogen) atoms. The Labute approximate surface area is 164 Å². The molecule has 8 nitrogen and oxygen atoms in total. The Kier molecular flexibility index (Phi) is 4.93. The molecule has 0 saturated carbocycles. The van der Waals surface area contributed by atoms with Gasteiger partial charge in [-0.3, -0.25) is 9.20 Å². The van der Waals surface area contributed by atoms with Gasteiger partial charge in [0.2, 0.25) is 0 Å². The van der Waals surface area contributed by atoms with Crippen LogP contribution < -0.4 is 10.2 Å². The third-order valence-electron chi connectivity index (χ3n) is 5.02. The van der Waals surface area contributed by atoms with Crippen LogP contribution in [0.15, 0.2) is 30.5 Å². The number of nitrogens with one attached hydrogen (secondary N) is 1. The lowest BCUT2D eigenvalue weighted by atomic mass is 10.1. The van der Waals surface area contributed by atoms with Crippen molar-refractivity contribution in [2.24, 2.45) is 5.92 Å². The molecule has 0 spiro atoms. The number of aryl methyl sites for hydroxylation is 1. The predicted molar refractivity (Wildman–Crippen MR) is 106 cm³/mol. The molecule has 1 N–H and O–H groups in total. The first-order valence-electron chi connectivity index (χ1n) is 9.69. The highest BCUT2D eigenvalue weighted by atomic mass is 16.1. The average molecular weight is 379 g/mol. The van der Waals surface area contributed by atoms with E-state index in [9.17, 15) is 4.79 Å². The molecule has 1 fully saturated rings. The van der Waals surface area contributed by atoms with Gasteiger partial charge in [0.05, 0.1) is 11.3 Å². The molecule has 1 amide bonds. The second-order valence-corrected chi connectivity index (χ2v) is 7.77. The molecule has 1 aliphatic heterocycles. The van der Waals surface area contributed by atoms with Gasteiger partial charge in [0.25, 0.3) is 5.91 Å². The molecule has 1 aliphatic rings. The van der Waals surface area contributed by atoms with Crippen LogP contribution in [-0.4, -0.2) is 50.3 Å². The van der Waals surface area contributed by atoms with Crippen LogP contribution in [0, 0.1) is 12.8 Å². The Morgan fingerprint density at radius 3 is 2.79 bits per heavy atom. The van der Waals surface area contributed by atoms with Gasteiger partial charge in [-0.15, -0.1) is 15.3 Å². The second kappa shape index (κ2) is 7.53. The van der Waals surface area contributed by atoms with E-state index in [0.717, 1.165) is 42.5 Å². The normalized spacial score (nSPS) is 16.9. The van der Waals surface area contributed by atoms with Crippen LogP contribution in [0.5, 0.6) is 0 Å². The summed E-state index contributed by atoms with van der Waals surface area (Å²) in [4.78, 5) is 14.6. The van der Waals surface area contributed by atoms with Crippen LogP contribution in [0.25, 0.3) is 5.65 Å². The Morgan fingerprint density at radius 2 is 2.04 bits per heavy atom. The number of nitrogens with zero attached hydrogens (tertiary/aromatic N) is 6. The molecule has 4 heterocycles. The first-order valence-corrected chi connectivity index (χ1v) is 9.69. The topological polar surface area (TPSA) is 88.3 Å². The smallest absolute Gasteiger partial charge is 0.252 e. The van der Waals surface area contributed by atoms with Crippen LogP contribution in [-0.2, 0) is 0 Å². The van der Waals surface area contributed by atoms with Gasteiger partial charge in [-0.05, 0) is 43.5 Å². The number of rotatable bonds is 5. The minimum absolute atomic E-state index is 0.0711. The van der Waals surface area contributed by atoms with Crippen molar-refractivity contribution in [3.05, 3.63) is 47.5 Å². The van der Waals surface area contributed by atoms with E-state index in [2.05, 4.69) is 44.5 Å². The molecule has 1 atom stereocenters. The van der Waals surface area contributed by atoms with Gasteiger partial charge in [-0.1, -0.05) is 13.8 Å². The summed E-state index contributed by atoms with van der Waals surface area (Å²) in [5.74, 6) is 2.34. The number of anilines is 1. The monoisotopic (exact) mass is 379 g/mol. The molecule has 3 aromatic rings. The van der Waals surface area contributed by atoms with E-state index < -0.39 is 0 Å². The maximum atomic E-state index is 12.4. The van der Waals surface area contributed by atoms with Crippen molar-refractivity contribution in [2.45, 2.75) is 33.1 Å². The number of aromatic nitrogens is 5. The van der Waals surface area contributed by atoms with Gasteiger partial charge in [-0.25, -0.2) is 0 Å². The SMILES string of the molecule is Cc1ccc(N2CCC(c3nnc4ccc(C(=O)NCC(C)C)cn34)C2)nn1. The number of carbonyl (C=O) groups excluding carboxylic acids is 1. The van der Waals surface area contributed by atoms with E-state index in [1.54, 1.807) is 6.07 Å². The summed E-state index contributed by atoms with van der Waals surface area (Å²) in [6.07, 6.45) is 2.80. The number of amides is 1. The maximum Gasteiger partial charge on any atom is 0.252 e. The van der Waals surface area contributed by atoms with Crippen LogP contribution >= 0.6 is 0 Å². The van der Waals surface area contributed by atoms with Crippen LogP contribution in [0.1, 0.15) is 48.1 Å². The number of carbonyl (C=O) groups is 1. The summed E-state index contributed by atoms with van der Waals surface area (Å²) < 4.78 is 1.94. The van der Waals surface area contributed by atoms with E-state index in [4.69, 9.17) is 0 Å². The van der Waals surface area contributed by atoms with E-state index >= 15 is 0 Å². The molecule has 146 valence electrons. The molecular weight excluding hydrogens is 354 g/mol. The summed E-state index contributed by atoms with van der Waals surface area (Å²) in [5, 5.41) is 20.1. The summed E-state index contributed by atoms with van der Waals surface area (Å²) in [5.41, 5.74) is 2.28. The summed E-state index contributed by atoms with van der Waals surface area (Å²) in [7, 11) is 0. The van der Waals surface area contributed by atoms with Crippen molar-refractivity contribution in [2.75, 3.05) is 24.5 Å². The van der Waals surface area contributed by atoms with Crippen molar-refractivity contribution in [3.63, 3.8) is 0 Å². The van der Waals surface area contributed by atoms with Crippen LogP contribution in [0.4, 0.5) is 5.82 Å². The van der Waals surface area contributed by atoms with E-state index in [-0.39, 0.29) is 11.8 Å². The fourth-order valence-electron chi connectivity index (χ4n) is 3.46. The standard InChI is InChI=1S/C20H25N7O/c1-13(2)10-21-20(28)16-5-7-18-24-25-19(27(18)12-16)15-8-9-26(11-15)17-6-4-14(3)22-23-17/h4-7,12-13,15H,8-11H2,1-3H3,(H,21,28). The van der Waals surface area contributed by atoms with Crippen molar-refractivity contribution in [1.29, 1.82) is 0 Å². The third kappa shape index (κ3) is 3.67. The van der Waals surface area contributed by atoms with E-state index in [0.29, 0.717) is 18.0 Å². The second-order valence-electron chi connectivity index (χ2n) is 7.77. The van der Waals surface area contributed by atoms with Gasteiger partial charge in [-0.2, -0.15) is 5.10 Å². The van der Waals surface area contributed by atoms with Crippen LogP contribution in [0.2, 0.25) is 0 Å². The average Bonchev–Trinajstić information content (AvgIpc) is 3.33. The van der Waals surface area contributed by atoms with Crippen molar-refractivity contribution >= 4 is 17.4 Å². The van der Waals surface area contributed by atoms with Gasteiger partial charge in [0.15, 0.2) is 11.5 Å². The molecule has 0 bridgehead atoms. The molecular formula is C20H25N7O. The lowest BCUT2D eigenvalue weighted by Gasteiger charge is -2.16. The zero-order valence-electron chi connectivity index (χ0n) is 16.5. The van der Waals surface area contributed by atoms with Crippen molar-refractivity contribution < 1.29 is 4.79 Å². The summed E-state index contributed by atoms with van der Waals surface area (Å²) in [6.45, 7) is 8.44. The summed E-state index contributed by atoms with van der Waals surface area (Å²) in [6, 6.07) is 7.62. The molecule has 0 aromatic carbocycles. The molecule has 3 aromatic heterocycles. The Morgan fingerprint density at radius 1 is 1.18 bits per heavy atom. The minimum atomic E-state index is -0.0711. The van der Waals surface area contributed by atoms with Gasteiger partial charge in [0, 0.05) is 31.7 Å². The minimum Gasteiger partial charge on any atom is -0.354 e. The highest BCUT2D eigenvalue weighted by Crippen LogP contribution is 2.29. The number of pyridine rings is 1. The third-order valence-corrected chi connectivity index (χ3v) is 5.02. The molecule has 1 saturated heterocycles. The van der Waals surface area contributed by atoms with Gasteiger partial charge >= 0.3 is 0 Å². The van der Waals surface area contributed by atoms with E-state index in [1.165, 1.54) is 0 Å². The molecule has 0 aliphatic carbocycles. The van der Waals surface area contributed by atoms with E-state index in [1.807, 2.05) is 35.7 Å². The Balaban J connectivity index is 1.55. The van der Waals surface area contributed by atoms with Crippen LogP contribution in [0.3, 0.4) is 0 Å². The van der Waals surface area contributed by atoms with Crippen molar-refractivity contribution in [3.8, 4) is 0 Å². The van der Waals surface area contributed by atoms with Gasteiger partial charge in [0.1, 0.15) is 5.82 Å². The first kappa shape index (κ1) is 18.3.